The molecule has 2 aromatic carbocycles. The number of ether oxygens (including phenoxy) is 1. The normalized spacial score (nSPS) is 15.8. The molecule has 1 heterocycles. The molecule has 1 aliphatic rings. The number of hydrogen-bond donors (Lipinski definition) is 1. The third-order valence-corrected chi connectivity index (χ3v) is 5.80. The Hall–Kier alpha value is -3.26. The fourth-order valence-corrected chi connectivity index (χ4v) is 3.92. The Morgan fingerprint density at radius 2 is 1.78 bits per heavy atom. The van der Waals surface area contributed by atoms with Gasteiger partial charge in [-0.1, -0.05) is 30.3 Å². The zero-order valence-corrected chi connectivity index (χ0v) is 19.1. The molecule has 3 rings (SSSR count). The van der Waals surface area contributed by atoms with Crippen LogP contribution in [-0.2, 0) is 20.7 Å². The maximum absolute atomic E-state index is 12.7. The molecule has 1 atom stereocenters. The van der Waals surface area contributed by atoms with Gasteiger partial charge in [-0.25, -0.2) is 4.79 Å². The van der Waals surface area contributed by atoms with Gasteiger partial charge in [0.05, 0.1) is 18.6 Å². The molecule has 1 saturated heterocycles. The maximum Gasteiger partial charge on any atom is 0.338 e. The van der Waals surface area contributed by atoms with Crippen molar-refractivity contribution in [2.45, 2.75) is 32.2 Å². The smallest absolute Gasteiger partial charge is 0.338 e. The van der Waals surface area contributed by atoms with Crippen LogP contribution >= 0.6 is 12.2 Å². The van der Waals surface area contributed by atoms with Crippen molar-refractivity contribution in [1.29, 1.82) is 0 Å². The number of carbonyl (C=O) groups excluding carboxylic acids is 3. The first-order valence-corrected chi connectivity index (χ1v) is 11.0. The first kappa shape index (κ1) is 23.4. The summed E-state index contributed by atoms with van der Waals surface area (Å²) in [7, 11) is 1.64. The lowest BCUT2D eigenvalue weighted by Crippen LogP contribution is -2.38. The number of anilines is 1. The number of hydrogen-bond acceptors (Lipinski definition) is 5. The van der Waals surface area contributed by atoms with Crippen LogP contribution in [0, 0.1) is 0 Å². The van der Waals surface area contributed by atoms with E-state index in [4.69, 9.17) is 17.0 Å². The lowest BCUT2D eigenvalue weighted by Gasteiger charge is -2.23. The molecule has 7 nitrogen and oxygen atoms in total. The average Bonchev–Trinajstić information content (AvgIpc) is 2.99. The first-order chi connectivity index (χ1) is 15.4. The molecule has 0 aromatic heterocycles. The highest BCUT2D eigenvalue weighted by Gasteiger charge is 2.41. The fourth-order valence-electron chi connectivity index (χ4n) is 3.62. The van der Waals surface area contributed by atoms with E-state index in [0.717, 1.165) is 12.8 Å². The van der Waals surface area contributed by atoms with Crippen LogP contribution in [0.1, 0.15) is 35.7 Å². The van der Waals surface area contributed by atoms with E-state index in [1.165, 1.54) is 10.5 Å². The van der Waals surface area contributed by atoms with Crippen LogP contribution < -0.4 is 5.32 Å². The number of esters is 1. The second-order valence-corrected chi connectivity index (χ2v) is 7.89. The zero-order chi connectivity index (χ0) is 23.1. The van der Waals surface area contributed by atoms with Crippen molar-refractivity contribution in [2.75, 3.05) is 25.5 Å². The van der Waals surface area contributed by atoms with Crippen LogP contribution in [0.2, 0.25) is 0 Å². The Labute approximate surface area is 193 Å². The molecule has 168 valence electrons. The predicted molar refractivity (Wildman–Crippen MR) is 126 cm³/mol. The molecule has 32 heavy (non-hydrogen) atoms. The van der Waals surface area contributed by atoms with Crippen molar-refractivity contribution in [1.82, 2.24) is 9.80 Å². The number of likely N-dealkylation sites (N-methyl/N-ethyl adjacent to an activating group) is 1. The Kier molecular flexibility index (Phi) is 7.94. The van der Waals surface area contributed by atoms with Crippen molar-refractivity contribution >= 4 is 40.8 Å². The summed E-state index contributed by atoms with van der Waals surface area (Å²) < 4.78 is 4.96. The molecule has 1 N–H and O–H groups in total. The van der Waals surface area contributed by atoms with Crippen LogP contribution in [0.4, 0.5) is 5.69 Å². The van der Waals surface area contributed by atoms with E-state index in [1.807, 2.05) is 23.1 Å². The van der Waals surface area contributed by atoms with Crippen molar-refractivity contribution in [3.8, 4) is 0 Å². The number of thiocarbonyl (C=S) groups is 1. The number of rotatable bonds is 9. The van der Waals surface area contributed by atoms with Crippen molar-refractivity contribution in [2.24, 2.45) is 0 Å². The minimum absolute atomic E-state index is 0.00568. The topological polar surface area (TPSA) is 78.9 Å². The first-order valence-electron chi connectivity index (χ1n) is 10.6. The Bertz CT molecular complexity index is 978. The maximum atomic E-state index is 12.7. The molecule has 1 unspecified atom stereocenters. The molecule has 0 aliphatic carbocycles. The summed E-state index contributed by atoms with van der Waals surface area (Å²) in [5.41, 5.74) is 2.17. The number of amides is 2. The minimum atomic E-state index is -0.623. The molecule has 0 saturated carbocycles. The van der Waals surface area contributed by atoms with Gasteiger partial charge in [0, 0.05) is 19.3 Å². The summed E-state index contributed by atoms with van der Waals surface area (Å²) in [5.74, 6) is -0.884. The van der Waals surface area contributed by atoms with Gasteiger partial charge in [-0.15, -0.1) is 0 Å². The van der Waals surface area contributed by atoms with Gasteiger partial charge in [-0.2, -0.15) is 0 Å². The van der Waals surface area contributed by atoms with Gasteiger partial charge in [0.15, 0.2) is 5.11 Å². The van der Waals surface area contributed by atoms with E-state index < -0.39 is 12.0 Å². The van der Waals surface area contributed by atoms with Crippen molar-refractivity contribution in [3.63, 3.8) is 0 Å². The fraction of sp³-hybridized carbons (Fsp3) is 0.333. The summed E-state index contributed by atoms with van der Waals surface area (Å²) in [6, 6.07) is 15.9. The van der Waals surface area contributed by atoms with Gasteiger partial charge in [0.25, 0.3) is 5.91 Å². The van der Waals surface area contributed by atoms with Crippen LogP contribution in [-0.4, -0.2) is 58.9 Å². The molecule has 0 spiro atoms. The monoisotopic (exact) mass is 453 g/mol. The summed E-state index contributed by atoms with van der Waals surface area (Å²) in [4.78, 5) is 40.4. The van der Waals surface area contributed by atoms with Crippen LogP contribution in [0.25, 0.3) is 0 Å². The number of benzene rings is 2. The van der Waals surface area contributed by atoms with Gasteiger partial charge < -0.3 is 15.0 Å². The van der Waals surface area contributed by atoms with Gasteiger partial charge in [0.2, 0.25) is 5.91 Å². The molecule has 0 radical (unpaired) electrons. The third-order valence-electron chi connectivity index (χ3n) is 5.29. The second kappa shape index (κ2) is 10.9. The van der Waals surface area contributed by atoms with Crippen LogP contribution in [0.5, 0.6) is 0 Å². The van der Waals surface area contributed by atoms with E-state index in [1.54, 1.807) is 38.2 Å². The van der Waals surface area contributed by atoms with E-state index in [2.05, 4.69) is 17.4 Å². The lowest BCUT2D eigenvalue weighted by atomic mass is 10.1. The van der Waals surface area contributed by atoms with E-state index in [-0.39, 0.29) is 18.2 Å². The van der Waals surface area contributed by atoms with Gasteiger partial charge in [-0.3, -0.25) is 14.5 Å². The molecular formula is C24H27N3O4S. The average molecular weight is 454 g/mol. The van der Waals surface area contributed by atoms with Crippen LogP contribution in [0.3, 0.4) is 0 Å². The van der Waals surface area contributed by atoms with E-state index in [9.17, 15) is 14.4 Å². The summed E-state index contributed by atoms with van der Waals surface area (Å²) in [6.07, 6.45) is 1.68. The molecule has 1 fully saturated rings. The van der Waals surface area contributed by atoms with E-state index in [0.29, 0.717) is 29.5 Å². The van der Waals surface area contributed by atoms with Gasteiger partial charge in [0.1, 0.15) is 6.04 Å². The van der Waals surface area contributed by atoms with Crippen molar-refractivity contribution < 1.29 is 19.1 Å². The molecular weight excluding hydrogens is 426 g/mol. The van der Waals surface area contributed by atoms with Crippen LogP contribution in [0.15, 0.2) is 54.6 Å². The minimum Gasteiger partial charge on any atom is -0.462 e. The second-order valence-electron chi connectivity index (χ2n) is 7.53. The standard InChI is InChI=1S/C24H27N3O4S/c1-3-31-23(30)18-11-13-19(14-12-18)25-21(28)16-20-22(29)26(2)24(32)27(20)15-7-10-17-8-5-4-6-9-17/h4-6,8-9,11-14,20H,3,7,10,15-16H2,1-2H3,(H,25,28). The Morgan fingerprint density at radius 3 is 2.44 bits per heavy atom. The number of carbonyl (C=O) groups is 3. The van der Waals surface area contributed by atoms with Crippen molar-refractivity contribution in [3.05, 3.63) is 65.7 Å². The summed E-state index contributed by atoms with van der Waals surface area (Å²) in [5, 5.41) is 3.23. The molecule has 2 amide bonds. The highest BCUT2D eigenvalue weighted by atomic mass is 32.1. The summed E-state index contributed by atoms with van der Waals surface area (Å²) in [6.45, 7) is 2.63. The predicted octanol–water partition coefficient (Wildman–Crippen LogP) is 3.25. The Balaban J connectivity index is 1.59. The highest BCUT2D eigenvalue weighted by molar-refractivity contribution is 7.80. The van der Waals surface area contributed by atoms with Gasteiger partial charge in [-0.05, 0) is 61.8 Å². The van der Waals surface area contributed by atoms with Gasteiger partial charge >= 0.3 is 5.97 Å². The molecule has 0 bridgehead atoms. The quantitative estimate of drug-likeness (QED) is 0.464. The summed E-state index contributed by atoms with van der Waals surface area (Å²) >= 11 is 5.45. The molecule has 1 aliphatic heterocycles. The molecule has 8 heteroatoms. The largest absolute Gasteiger partial charge is 0.462 e. The number of nitrogens with one attached hydrogen (secondary N) is 1. The number of nitrogens with zero attached hydrogens (tertiary/aromatic N) is 2. The highest BCUT2D eigenvalue weighted by Crippen LogP contribution is 2.21. The lowest BCUT2D eigenvalue weighted by molar-refractivity contribution is -0.130. The SMILES string of the molecule is CCOC(=O)c1ccc(NC(=O)CC2C(=O)N(C)C(=S)N2CCCc2ccccc2)cc1. The Morgan fingerprint density at radius 1 is 1.09 bits per heavy atom. The number of aryl methyl sites for hydroxylation is 1. The molecule has 2 aromatic rings. The van der Waals surface area contributed by atoms with E-state index >= 15 is 0 Å². The third kappa shape index (κ3) is 5.70. The zero-order valence-electron chi connectivity index (χ0n) is 18.2.